The van der Waals surface area contributed by atoms with Crippen LogP contribution in [0.1, 0.15) is 46.0 Å². The van der Waals surface area contributed by atoms with Gasteiger partial charge >= 0.3 is 0 Å². The summed E-state index contributed by atoms with van der Waals surface area (Å²) in [5, 5.41) is 0. The second-order valence-electron chi connectivity index (χ2n) is 4.78. The molecule has 0 aromatic rings. The number of nitrogens with zero attached hydrogens (tertiary/aromatic N) is 1. The van der Waals surface area contributed by atoms with E-state index in [4.69, 9.17) is 0 Å². The summed E-state index contributed by atoms with van der Waals surface area (Å²) in [6.45, 7) is 6.14. The van der Waals surface area contributed by atoms with Crippen LogP contribution in [-0.4, -0.2) is 23.5 Å². The maximum absolute atomic E-state index is 2.79. The van der Waals surface area contributed by atoms with Gasteiger partial charge in [-0.1, -0.05) is 20.3 Å². The van der Waals surface area contributed by atoms with Crippen LogP contribution in [0, 0.1) is 5.92 Å². The van der Waals surface area contributed by atoms with Crippen LogP contribution in [0.3, 0.4) is 0 Å². The Hall–Kier alpha value is -0.0400. The fourth-order valence-corrected chi connectivity index (χ4v) is 3.05. The van der Waals surface area contributed by atoms with Gasteiger partial charge in [0, 0.05) is 12.1 Å². The zero-order valence-electron chi connectivity index (χ0n) is 8.42. The summed E-state index contributed by atoms with van der Waals surface area (Å²) in [7, 11) is 0. The molecule has 0 aromatic heterocycles. The van der Waals surface area contributed by atoms with Gasteiger partial charge in [-0.2, -0.15) is 0 Å². The number of fused-ring (bicyclic) bond motifs is 1. The highest BCUT2D eigenvalue weighted by atomic mass is 15.2. The van der Waals surface area contributed by atoms with E-state index in [0.717, 1.165) is 18.0 Å². The highest BCUT2D eigenvalue weighted by molar-refractivity contribution is 4.90. The minimum Gasteiger partial charge on any atom is -0.297 e. The minimum atomic E-state index is 0.867. The van der Waals surface area contributed by atoms with Crippen LogP contribution in [0.25, 0.3) is 0 Å². The maximum atomic E-state index is 2.79. The van der Waals surface area contributed by atoms with Crippen molar-refractivity contribution in [1.82, 2.24) is 4.90 Å². The van der Waals surface area contributed by atoms with E-state index in [1.165, 1.54) is 38.6 Å². The smallest absolute Gasteiger partial charge is 0.0121 e. The zero-order chi connectivity index (χ0) is 8.55. The summed E-state index contributed by atoms with van der Waals surface area (Å²) in [6.07, 6.45) is 7.33. The average Bonchev–Trinajstić information content (AvgIpc) is 2.49. The molecule has 0 bridgehead atoms. The predicted molar refractivity (Wildman–Crippen MR) is 52.2 cm³/mol. The second kappa shape index (κ2) is 3.37. The maximum Gasteiger partial charge on any atom is 0.0121 e. The van der Waals surface area contributed by atoms with Crippen molar-refractivity contribution in [3.63, 3.8) is 0 Å². The summed E-state index contributed by atoms with van der Waals surface area (Å²) in [4.78, 5) is 2.79. The summed E-state index contributed by atoms with van der Waals surface area (Å²) in [5.41, 5.74) is 0. The van der Waals surface area contributed by atoms with Gasteiger partial charge in [-0.15, -0.1) is 0 Å². The summed E-state index contributed by atoms with van der Waals surface area (Å²) in [5.74, 6) is 0.867. The van der Waals surface area contributed by atoms with Gasteiger partial charge in [0.15, 0.2) is 0 Å². The van der Waals surface area contributed by atoms with Gasteiger partial charge in [-0.05, 0) is 38.1 Å². The van der Waals surface area contributed by atoms with Crippen molar-refractivity contribution in [3.05, 3.63) is 0 Å². The molecule has 2 aliphatic heterocycles. The summed E-state index contributed by atoms with van der Waals surface area (Å²) >= 11 is 0. The zero-order valence-corrected chi connectivity index (χ0v) is 8.42. The number of hydrogen-bond donors (Lipinski definition) is 0. The first kappa shape index (κ1) is 8.55. The van der Waals surface area contributed by atoms with Crippen molar-refractivity contribution >= 4 is 0 Å². The van der Waals surface area contributed by atoms with E-state index < -0.39 is 0 Å². The molecule has 2 saturated heterocycles. The van der Waals surface area contributed by atoms with Gasteiger partial charge in [0.2, 0.25) is 0 Å². The Balaban J connectivity index is 2.03. The van der Waals surface area contributed by atoms with E-state index in [2.05, 4.69) is 18.7 Å². The molecule has 2 rings (SSSR count). The normalized spacial score (nSPS) is 37.2. The first-order valence-electron chi connectivity index (χ1n) is 5.55. The topological polar surface area (TPSA) is 3.24 Å². The Labute approximate surface area is 76.1 Å². The largest absolute Gasteiger partial charge is 0.297 e. The molecule has 2 aliphatic rings. The van der Waals surface area contributed by atoms with E-state index in [0.29, 0.717) is 0 Å². The Morgan fingerprint density at radius 2 is 1.83 bits per heavy atom. The monoisotopic (exact) mass is 167 g/mol. The lowest BCUT2D eigenvalue weighted by atomic mass is 9.90. The molecular formula is C11H21N. The van der Waals surface area contributed by atoms with Gasteiger partial charge in [0.25, 0.3) is 0 Å². The molecule has 0 N–H and O–H groups in total. The number of rotatable bonds is 1. The van der Waals surface area contributed by atoms with Crippen LogP contribution in [0.2, 0.25) is 0 Å². The lowest BCUT2D eigenvalue weighted by Gasteiger charge is -2.40. The molecule has 2 unspecified atom stereocenters. The molecule has 0 aliphatic carbocycles. The first-order valence-corrected chi connectivity index (χ1v) is 5.55. The second-order valence-corrected chi connectivity index (χ2v) is 4.78. The third-order valence-electron chi connectivity index (χ3n) is 3.66. The van der Waals surface area contributed by atoms with Crippen molar-refractivity contribution in [2.24, 2.45) is 5.92 Å². The molecule has 0 radical (unpaired) electrons. The predicted octanol–water partition coefficient (Wildman–Crippen LogP) is 2.66. The van der Waals surface area contributed by atoms with Crippen molar-refractivity contribution in [3.8, 4) is 0 Å². The van der Waals surface area contributed by atoms with Gasteiger partial charge in [0.05, 0.1) is 0 Å². The standard InChI is InChI=1S/C11H21N/c1-9(2)11-7-3-5-10-6-4-8-12(10)11/h9-11H,3-8H2,1-2H3. The molecule has 0 aromatic carbocycles. The molecular weight excluding hydrogens is 146 g/mol. The molecule has 2 fully saturated rings. The van der Waals surface area contributed by atoms with Crippen molar-refractivity contribution < 1.29 is 0 Å². The quantitative estimate of drug-likeness (QED) is 0.580. The number of hydrogen-bond acceptors (Lipinski definition) is 1. The fourth-order valence-electron chi connectivity index (χ4n) is 3.05. The Bertz CT molecular complexity index is 153. The molecule has 12 heavy (non-hydrogen) atoms. The van der Waals surface area contributed by atoms with E-state index in [1.807, 2.05) is 0 Å². The summed E-state index contributed by atoms with van der Waals surface area (Å²) < 4.78 is 0. The van der Waals surface area contributed by atoms with E-state index in [1.54, 1.807) is 0 Å². The summed E-state index contributed by atoms with van der Waals surface area (Å²) in [6, 6.07) is 1.87. The molecule has 0 saturated carbocycles. The first-order chi connectivity index (χ1) is 5.79. The van der Waals surface area contributed by atoms with Gasteiger partial charge < -0.3 is 0 Å². The fraction of sp³-hybridized carbons (Fsp3) is 1.00. The highest BCUT2D eigenvalue weighted by Gasteiger charge is 2.34. The molecule has 2 heterocycles. The van der Waals surface area contributed by atoms with Crippen LogP contribution in [0.4, 0.5) is 0 Å². The third-order valence-corrected chi connectivity index (χ3v) is 3.66. The van der Waals surface area contributed by atoms with Crippen molar-refractivity contribution in [2.75, 3.05) is 6.54 Å². The lowest BCUT2D eigenvalue weighted by Crippen LogP contribution is -2.45. The molecule has 2 atom stereocenters. The highest BCUT2D eigenvalue weighted by Crippen LogP contribution is 2.33. The van der Waals surface area contributed by atoms with E-state index in [9.17, 15) is 0 Å². The van der Waals surface area contributed by atoms with Crippen LogP contribution < -0.4 is 0 Å². The molecule has 1 heteroatoms. The minimum absolute atomic E-state index is 0.867. The van der Waals surface area contributed by atoms with Crippen LogP contribution in [-0.2, 0) is 0 Å². The number of piperidine rings is 1. The van der Waals surface area contributed by atoms with Gasteiger partial charge in [-0.3, -0.25) is 4.90 Å². The van der Waals surface area contributed by atoms with Crippen molar-refractivity contribution in [1.29, 1.82) is 0 Å². The third kappa shape index (κ3) is 1.39. The molecule has 0 spiro atoms. The lowest BCUT2D eigenvalue weighted by molar-refractivity contribution is 0.0907. The average molecular weight is 167 g/mol. The van der Waals surface area contributed by atoms with E-state index >= 15 is 0 Å². The van der Waals surface area contributed by atoms with Crippen LogP contribution in [0.5, 0.6) is 0 Å². The van der Waals surface area contributed by atoms with Gasteiger partial charge in [0.1, 0.15) is 0 Å². The Morgan fingerprint density at radius 1 is 1.08 bits per heavy atom. The molecule has 70 valence electrons. The Morgan fingerprint density at radius 3 is 2.58 bits per heavy atom. The molecule has 0 amide bonds. The van der Waals surface area contributed by atoms with E-state index in [-0.39, 0.29) is 0 Å². The Kier molecular flexibility index (Phi) is 2.40. The van der Waals surface area contributed by atoms with Crippen LogP contribution >= 0.6 is 0 Å². The SMILES string of the molecule is CC(C)C1CCCC2CCCN21. The molecule has 1 nitrogen and oxygen atoms in total. The van der Waals surface area contributed by atoms with Crippen molar-refractivity contribution in [2.45, 2.75) is 58.0 Å². The van der Waals surface area contributed by atoms with Gasteiger partial charge in [-0.25, -0.2) is 0 Å². The van der Waals surface area contributed by atoms with Crippen LogP contribution in [0.15, 0.2) is 0 Å².